The Morgan fingerprint density at radius 2 is 2.04 bits per heavy atom. The normalized spacial score (nSPS) is 16.6. The maximum Gasteiger partial charge on any atom is 0.268 e. The van der Waals surface area contributed by atoms with Gasteiger partial charge in [-0.15, -0.1) is 11.3 Å². The first-order valence-electron chi connectivity index (χ1n) is 9.25. The van der Waals surface area contributed by atoms with Gasteiger partial charge in [0.2, 0.25) is 0 Å². The van der Waals surface area contributed by atoms with Crippen molar-refractivity contribution in [3.05, 3.63) is 63.0 Å². The summed E-state index contributed by atoms with van der Waals surface area (Å²) in [6.45, 7) is 6.97. The molecule has 142 valence electrons. The Balaban J connectivity index is 1.52. The monoisotopic (exact) mass is 384 g/mol. The number of benzene rings is 1. The van der Waals surface area contributed by atoms with Crippen molar-refractivity contribution in [3.8, 4) is 0 Å². The van der Waals surface area contributed by atoms with E-state index in [4.69, 9.17) is 4.74 Å². The number of thiophene rings is 1. The summed E-state index contributed by atoms with van der Waals surface area (Å²) in [5.41, 5.74) is 3.19. The Labute approximate surface area is 162 Å². The molecule has 2 aromatic heterocycles. The summed E-state index contributed by atoms with van der Waals surface area (Å²) in [5.74, 6) is 0.671. The molecule has 0 bridgehead atoms. The zero-order valence-electron chi connectivity index (χ0n) is 15.4. The molecule has 1 saturated heterocycles. The molecule has 7 heteroatoms. The van der Waals surface area contributed by atoms with E-state index >= 15 is 0 Å². The fourth-order valence-corrected chi connectivity index (χ4v) is 4.08. The van der Waals surface area contributed by atoms with Gasteiger partial charge in [-0.05, 0) is 23.9 Å². The number of ether oxygens (including phenoxy) is 1. The van der Waals surface area contributed by atoms with Gasteiger partial charge in [-0.2, -0.15) is 0 Å². The number of morpholine rings is 1. The van der Waals surface area contributed by atoms with Crippen molar-refractivity contribution in [1.82, 2.24) is 20.2 Å². The summed E-state index contributed by atoms with van der Waals surface area (Å²) in [6, 6.07) is 10.7. The number of nitrogens with zero attached hydrogens (tertiary/aromatic N) is 2. The number of nitrogens with one attached hydrogen (secondary N) is 2. The fourth-order valence-electron chi connectivity index (χ4n) is 3.35. The molecule has 2 N–H and O–H groups in total. The van der Waals surface area contributed by atoms with E-state index in [9.17, 15) is 4.79 Å². The Morgan fingerprint density at radius 1 is 1.26 bits per heavy atom. The molecule has 1 fully saturated rings. The molecular weight excluding hydrogens is 360 g/mol. The number of H-pyrrole nitrogens is 1. The lowest BCUT2D eigenvalue weighted by atomic mass is 10.0. The van der Waals surface area contributed by atoms with Crippen LogP contribution in [0.4, 0.5) is 0 Å². The summed E-state index contributed by atoms with van der Waals surface area (Å²) in [6.07, 6.45) is 0. The van der Waals surface area contributed by atoms with Crippen LogP contribution in [0.3, 0.4) is 0 Å². The van der Waals surface area contributed by atoms with Gasteiger partial charge >= 0.3 is 0 Å². The Kier molecular flexibility index (Phi) is 5.63. The second-order valence-corrected chi connectivity index (χ2v) is 7.82. The second-order valence-electron chi connectivity index (χ2n) is 6.90. The predicted octanol–water partition coefficient (Wildman–Crippen LogP) is 2.46. The van der Waals surface area contributed by atoms with E-state index < -0.39 is 0 Å². The van der Waals surface area contributed by atoms with Crippen molar-refractivity contribution >= 4 is 21.6 Å². The van der Waals surface area contributed by atoms with Crippen LogP contribution in [-0.2, 0) is 11.3 Å². The molecule has 0 spiro atoms. The quantitative estimate of drug-likeness (QED) is 0.683. The molecule has 3 aromatic rings. The highest BCUT2D eigenvalue weighted by atomic mass is 32.1. The third kappa shape index (κ3) is 4.44. The molecule has 1 atom stereocenters. The second kappa shape index (κ2) is 8.31. The van der Waals surface area contributed by atoms with Crippen LogP contribution < -0.4 is 10.9 Å². The summed E-state index contributed by atoms with van der Waals surface area (Å²) in [4.78, 5) is 22.1. The van der Waals surface area contributed by atoms with Gasteiger partial charge in [-0.25, -0.2) is 4.98 Å². The molecule has 3 heterocycles. The minimum absolute atomic E-state index is 0.0631. The average molecular weight is 385 g/mol. The van der Waals surface area contributed by atoms with Gasteiger partial charge in [0.1, 0.15) is 10.5 Å². The molecule has 0 saturated carbocycles. The lowest BCUT2D eigenvalue weighted by Crippen LogP contribution is -2.42. The predicted molar refractivity (Wildman–Crippen MR) is 108 cm³/mol. The van der Waals surface area contributed by atoms with Gasteiger partial charge in [0.05, 0.1) is 25.3 Å². The summed E-state index contributed by atoms with van der Waals surface area (Å²) in [7, 11) is 0. The minimum atomic E-state index is -0.0631. The smallest absolute Gasteiger partial charge is 0.268 e. The van der Waals surface area contributed by atoms with E-state index in [1.54, 1.807) is 0 Å². The number of aryl methyl sites for hydroxylation is 1. The van der Waals surface area contributed by atoms with Crippen molar-refractivity contribution < 1.29 is 4.74 Å². The van der Waals surface area contributed by atoms with Crippen LogP contribution in [-0.4, -0.2) is 47.7 Å². The van der Waals surface area contributed by atoms with Crippen LogP contribution in [0.25, 0.3) is 10.2 Å². The van der Waals surface area contributed by atoms with Crippen molar-refractivity contribution in [2.75, 3.05) is 32.8 Å². The van der Waals surface area contributed by atoms with Gasteiger partial charge in [0.25, 0.3) is 5.56 Å². The number of rotatable bonds is 6. The van der Waals surface area contributed by atoms with Gasteiger partial charge in [0.15, 0.2) is 0 Å². The SMILES string of the molecule is Cc1ccc([C@@H](CN2CCOCC2)NCc2nc3ccsc3c(=O)[nH]2)cc1. The molecule has 1 aliphatic heterocycles. The van der Waals surface area contributed by atoms with E-state index in [0.29, 0.717) is 17.1 Å². The van der Waals surface area contributed by atoms with E-state index in [-0.39, 0.29) is 11.6 Å². The first kappa shape index (κ1) is 18.3. The first-order valence-corrected chi connectivity index (χ1v) is 10.1. The van der Waals surface area contributed by atoms with Crippen LogP contribution >= 0.6 is 11.3 Å². The number of hydrogen-bond acceptors (Lipinski definition) is 6. The zero-order valence-corrected chi connectivity index (χ0v) is 16.2. The number of fused-ring (bicyclic) bond motifs is 1. The van der Waals surface area contributed by atoms with Crippen LogP contribution in [0, 0.1) is 6.92 Å². The van der Waals surface area contributed by atoms with E-state index in [2.05, 4.69) is 51.4 Å². The van der Waals surface area contributed by atoms with Crippen LogP contribution in [0.15, 0.2) is 40.5 Å². The van der Waals surface area contributed by atoms with Crippen molar-refractivity contribution in [3.63, 3.8) is 0 Å². The molecule has 6 nitrogen and oxygen atoms in total. The first-order chi connectivity index (χ1) is 13.2. The molecule has 0 unspecified atom stereocenters. The molecule has 4 rings (SSSR count). The lowest BCUT2D eigenvalue weighted by Gasteiger charge is -2.31. The molecule has 1 aliphatic rings. The Morgan fingerprint density at radius 3 is 2.81 bits per heavy atom. The maximum absolute atomic E-state index is 12.2. The number of aromatic nitrogens is 2. The van der Waals surface area contributed by atoms with E-state index in [1.165, 1.54) is 22.5 Å². The molecule has 0 aliphatic carbocycles. The van der Waals surface area contributed by atoms with Gasteiger partial charge in [-0.1, -0.05) is 29.8 Å². The van der Waals surface area contributed by atoms with Gasteiger partial charge < -0.3 is 15.0 Å². The van der Waals surface area contributed by atoms with Crippen molar-refractivity contribution in [2.45, 2.75) is 19.5 Å². The summed E-state index contributed by atoms with van der Waals surface area (Å²) in [5, 5.41) is 5.49. The van der Waals surface area contributed by atoms with Gasteiger partial charge in [-0.3, -0.25) is 9.69 Å². The zero-order chi connectivity index (χ0) is 18.6. The Bertz CT molecular complexity index is 945. The summed E-state index contributed by atoms with van der Waals surface area (Å²) < 4.78 is 6.15. The highest BCUT2D eigenvalue weighted by Gasteiger charge is 2.18. The third-order valence-corrected chi connectivity index (χ3v) is 5.81. The molecule has 1 aromatic carbocycles. The van der Waals surface area contributed by atoms with E-state index in [1.807, 2.05) is 11.4 Å². The fraction of sp³-hybridized carbons (Fsp3) is 0.400. The van der Waals surface area contributed by atoms with E-state index in [0.717, 1.165) is 38.4 Å². The van der Waals surface area contributed by atoms with Crippen molar-refractivity contribution in [2.24, 2.45) is 0 Å². The average Bonchev–Trinajstić information content (AvgIpc) is 3.16. The van der Waals surface area contributed by atoms with Crippen LogP contribution in [0.1, 0.15) is 23.0 Å². The maximum atomic E-state index is 12.2. The highest BCUT2D eigenvalue weighted by molar-refractivity contribution is 7.17. The molecule has 0 radical (unpaired) electrons. The van der Waals surface area contributed by atoms with Crippen LogP contribution in [0.5, 0.6) is 0 Å². The highest BCUT2D eigenvalue weighted by Crippen LogP contribution is 2.18. The number of hydrogen-bond donors (Lipinski definition) is 2. The molecule has 0 amide bonds. The van der Waals surface area contributed by atoms with Crippen LogP contribution in [0.2, 0.25) is 0 Å². The third-order valence-electron chi connectivity index (χ3n) is 4.90. The summed E-state index contributed by atoms with van der Waals surface area (Å²) >= 11 is 1.42. The van der Waals surface area contributed by atoms with Gasteiger partial charge in [0, 0.05) is 25.7 Å². The lowest BCUT2D eigenvalue weighted by molar-refractivity contribution is 0.0333. The topological polar surface area (TPSA) is 70.2 Å². The number of aromatic amines is 1. The Hall–Kier alpha value is -2.06. The van der Waals surface area contributed by atoms with Crippen molar-refractivity contribution in [1.29, 1.82) is 0 Å². The standard InChI is InChI=1S/C20H24N4O2S/c1-14-2-4-15(5-3-14)17(13-24-7-9-26-10-8-24)21-12-18-22-16-6-11-27-19(16)20(25)23-18/h2-6,11,17,21H,7-10,12-13H2,1H3,(H,22,23,25)/t17-/m1/s1. The largest absolute Gasteiger partial charge is 0.379 e. The molecular formula is C20H24N4O2S. The minimum Gasteiger partial charge on any atom is -0.379 e. The molecule has 27 heavy (non-hydrogen) atoms.